The van der Waals surface area contributed by atoms with Crippen LogP contribution in [0.5, 0.6) is 0 Å². The maximum atomic E-state index is 12.2. The largest absolute Gasteiger partial charge is 0.368 e. The van der Waals surface area contributed by atoms with Gasteiger partial charge in [-0.3, -0.25) is 4.79 Å². The fraction of sp³-hybridized carbons (Fsp3) is 0.188. The third-order valence-electron chi connectivity index (χ3n) is 3.22. The molecular weight excluding hydrogens is 300 g/mol. The zero-order valence-electron chi connectivity index (χ0n) is 12.0. The van der Waals surface area contributed by atoms with E-state index in [4.69, 9.17) is 5.73 Å². The van der Waals surface area contributed by atoms with Crippen molar-refractivity contribution in [1.82, 2.24) is 4.72 Å². The van der Waals surface area contributed by atoms with Crippen LogP contribution in [-0.2, 0) is 21.2 Å². The van der Waals surface area contributed by atoms with E-state index in [-0.39, 0.29) is 5.75 Å². The molecule has 0 aliphatic rings. The van der Waals surface area contributed by atoms with Crippen molar-refractivity contribution in [3.63, 3.8) is 0 Å². The normalized spacial score (nSPS) is 12.7. The molecule has 0 radical (unpaired) electrons. The van der Waals surface area contributed by atoms with Crippen LogP contribution < -0.4 is 10.5 Å². The molecule has 3 N–H and O–H groups in total. The van der Waals surface area contributed by atoms with Gasteiger partial charge in [0, 0.05) is 0 Å². The first kappa shape index (κ1) is 16.2. The van der Waals surface area contributed by atoms with E-state index in [0.717, 1.165) is 5.56 Å². The molecule has 0 aromatic heterocycles. The third kappa shape index (κ3) is 4.68. The zero-order valence-corrected chi connectivity index (χ0v) is 12.8. The second-order valence-electron chi connectivity index (χ2n) is 4.92. The number of hydrogen-bond donors (Lipinski definition) is 2. The van der Waals surface area contributed by atoms with Crippen molar-refractivity contribution in [2.45, 2.75) is 12.5 Å². The minimum absolute atomic E-state index is 0.104. The number of carbonyl (C=O) groups excluding carboxylic acids is 1. The third-order valence-corrected chi connectivity index (χ3v) is 4.55. The van der Waals surface area contributed by atoms with Crippen molar-refractivity contribution < 1.29 is 13.2 Å². The van der Waals surface area contributed by atoms with Gasteiger partial charge in [-0.25, -0.2) is 8.42 Å². The molecule has 2 rings (SSSR count). The standard InChI is InChI=1S/C16H18N2O3S/c17-16(19)15(14-9-5-2-6-10-14)18-22(20,21)12-11-13-7-3-1-4-8-13/h1-10,15,18H,11-12H2,(H2,17,19)/t15-/m0/s1. The summed E-state index contributed by atoms with van der Waals surface area (Å²) >= 11 is 0. The van der Waals surface area contributed by atoms with Crippen LogP contribution in [-0.4, -0.2) is 20.1 Å². The Labute approximate surface area is 130 Å². The van der Waals surface area contributed by atoms with Crippen LogP contribution >= 0.6 is 0 Å². The summed E-state index contributed by atoms with van der Waals surface area (Å²) in [6.07, 6.45) is 0.371. The number of hydrogen-bond acceptors (Lipinski definition) is 3. The van der Waals surface area contributed by atoms with Crippen LogP contribution in [0.3, 0.4) is 0 Å². The van der Waals surface area contributed by atoms with Gasteiger partial charge in [0.1, 0.15) is 6.04 Å². The number of benzene rings is 2. The number of carbonyl (C=O) groups is 1. The number of primary amides is 1. The molecule has 116 valence electrons. The Bertz CT molecular complexity index is 716. The molecular formula is C16H18N2O3S. The lowest BCUT2D eigenvalue weighted by Gasteiger charge is -2.16. The van der Waals surface area contributed by atoms with Crippen LogP contribution in [0.25, 0.3) is 0 Å². The van der Waals surface area contributed by atoms with Gasteiger partial charge in [0.05, 0.1) is 5.75 Å². The molecule has 0 unspecified atom stereocenters. The number of amides is 1. The predicted molar refractivity (Wildman–Crippen MR) is 85.4 cm³/mol. The quantitative estimate of drug-likeness (QED) is 0.808. The van der Waals surface area contributed by atoms with Crippen molar-refractivity contribution in [2.75, 3.05) is 5.75 Å². The number of sulfonamides is 1. The Morgan fingerprint density at radius 2 is 1.55 bits per heavy atom. The molecule has 2 aromatic carbocycles. The lowest BCUT2D eigenvalue weighted by Crippen LogP contribution is -2.38. The first-order valence-corrected chi connectivity index (χ1v) is 8.51. The first-order chi connectivity index (χ1) is 10.5. The van der Waals surface area contributed by atoms with Crippen molar-refractivity contribution in [2.24, 2.45) is 5.73 Å². The van der Waals surface area contributed by atoms with Crippen molar-refractivity contribution in [3.05, 3.63) is 71.8 Å². The van der Waals surface area contributed by atoms with Gasteiger partial charge < -0.3 is 5.73 Å². The van der Waals surface area contributed by atoms with Gasteiger partial charge >= 0.3 is 0 Å². The topological polar surface area (TPSA) is 89.3 Å². The average molecular weight is 318 g/mol. The fourth-order valence-electron chi connectivity index (χ4n) is 2.07. The van der Waals surface area contributed by atoms with E-state index in [1.54, 1.807) is 30.3 Å². The lowest BCUT2D eigenvalue weighted by molar-refractivity contribution is -0.119. The predicted octanol–water partition coefficient (Wildman–Crippen LogP) is 1.38. The molecule has 0 saturated carbocycles. The molecule has 5 nitrogen and oxygen atoms in total. The van der Waals surface area contributed by atoms with Gasteiger partial charge in [-0.1, -0.05) is 60.7 Å². The molecule has 0 spiro atoms. The molecule has 0 heterocycles. The maximum Gasteiger partial charge on any atom is 0.240 e. The molecule has 0 saturated heterocycles. The fourth-order valence-corrected chi connectivity index (χ4v) is 3.30. The highest BCUT2D eigenvalue weighted by Crippen LogP contribution is 2.13. The zero-order chi connectivity index (χ0) is 16.0. The van der Waals surface area contributed by atoms with Gasteiger partial charge in [-0.05, 0) is 17.5 Å². The number of rotatable bonds is 7. The van der Waals surface area contributed by atoms with E-state index >= 15 is 0 Å². The first-order valence-electron chi connectivity index (χ1n) is 6.86. The summed E-state index contributed by atoms with van der Waals surface area (Å²) in [5.74, 6) is -0.831. The SMILES string of the molecule is NC(=O)[C@@H](NS(=O)(=O)CCc1ccccc1)c1ccccc1. The molecule has 22 heavy (non-hydrogen) atoms. The Hall–Kier alpha value is -2.18. The van der Waals surface area contributed by atoms with Crippen LogP contribution in [0, 0.1) is 0 Å². The lowest BCUT2D eigenvalue weighted by atomic mass is 10.1. The minimum atomic E-state index is -3.62. The van der Waals surface area contributed by atoms with Gasteiger partial charge in [-0.2, -0.15) is 4.72 Å². The highest BCUT2D eigenvalue weighted by molar-refractivity contribution is 7.89. The van der Waals surface area contributed by atoms with Crippen LogP contribution in [0.2, 0.25) is 0 Å². The van der Waals surface area contributed by atoms with Gasteiger partial charge in [0.25, 0.3) is 0 Å². The van der Waals surface area contributed by atoms with Gasteiger partial charge in [0.15, 0.2) is 0 Å². The Morgan fingerprint density at radius 3 is 2.09 bits per heavy atom. The van der Waals surface area contributed by atoms with Crippen molar-refractivity contribution >= 4 is 15.9 Å². The van der Waals surface area contributed by atoms with E-state index in [0.29, 0.717) is 12.0 Å². The Kier molecular flexibility index (Phi) is 5.30. The molecule has 0 fully saturated rings. The van der Waals surface area contributed by atoms with E-state index in [1.165, 1.54) is 0 Å². The molecule has 0 aliphatic carbocycles. The van der Waals surface area contributed by atoms with E-state index < -0.39 is 22.0 Å². The summed E-state index contributed by atoms with van der Waals surface area (Å²) in [5.41, 5.74) is 6.76. The second-order valence-corrected chi connectivity index (χ2v) is 6.79. The summed E-state index contributed by atoms with van der Waals surface area (Å²) in [6, 6.07) is 16.8. The van der Waals surface area contributed by atoms with E-state index in [1.807, 2.05) is 30.3 Å². The van der Waals surface area contributed by atoms with Crippen LogP contribution in [0.1, 0.15) is 17.2 Å². The van der Waals surface area contributed by atoms with Crippen molar-refractivity contribution in [1.29, 1.82) is 0 Å². The smallest absolute Gasteiger partial charge is 0.240 e. The molecule has 1 atom stereocenters. The number of aryl methyl sites for hydroxylation is 1. The second kappa shape index (κ2) is 7.20. The monoisotopic (exact) mass is 318 g/mol. The Balaban J connectivity index is 2.07. The summed E-state index contributed by atoms with van der Waals surface area (Å²) < 4.78 is 26.7. The number of nitrogens with one attached hydrogen (secondary N) is 1. The minimum Gasteiger partial charge on any atom is -0.368 e. The summed E-state index contributed by atoms with van der Waals surface area (Å²) in [5, 5.41) is 0. The van der Waals surface area contributed by atoms with Crippen LogP contribution in [0.4, 0.5) is 0 Å². The average Bonchev–Trinajstić information content (AvgIpc) is 2.52. The van der Waals surface area contributed by atoms with E-state index in [2.05, 4.69) is 4.72 Å². The molecule has 1 amide bonds. The van der Waals surface area contributed by atoms with Crippen molar-refractivity contribution in [3.8, 4) is 0 Å². The van der Waals surface area contributed by atoms with Crippen LogP contribution in [0.15, 0.2) is 60.7 Å². The summed E-state index contributed by atoms with van der Waals surface area (Å²) in [4.78, 5) is 11.5. The molecule has 0 bridgehead atoms. The highest BCUT2D eigenvalue weighted by atomic mass is 32.2. The van der Waals surface area contributed by atoms with Gasteiger partial charge in [-0.15, -0.1) is 0 Å². The highest BCUT2D eigenvalue weighted by Gasteiger charge is 2.23. The molecule has 0 aliphatic heterocycles. The molecule has 2 aromatic rings. The Morgan fingerprint density at radius 1 is 1.00 bits per heavy atom. The summed E-state index contributed by atoms with van der Waals surface area (Å²) in [7, 11) is -3.62. The summed E-state index contributed by atoms with van der Waals surface area (Å²) in [6.45, 7) is 0. The number of nitrogens with two attached hydrogens (primary N) is 1. The molecule has 6 heteroatoms. The maximum absolute atomic E-state index is 12.2. The van der Waals surface area contributed by atoms with E-state index in [9.17, 15) is 13.2 Å². The van der Waals surface area contributed by atoms with Gasteiger partial charge in [0.2, 0.25) is 15.9 Å².